The molecule has 1 aromatic carbocycles. The predicted molar refractivity (Wildman–Crippen MR) is 121 cm³/mol. The van der Waals surface area contributed by atoms with Crippen molar-refractivity contribution in [2.45, 2.75) is 45.8 Å². The fraction of sp³-hybridized carbons (Fsp3) is 0.400. The molecule has 0 saturated carbocycles. The summed E-state index contributed by atoms with van der Waals surface area (Å²) in [6.45, 7) is 7.21. The number of hydrogen-bond acceptors (Lipinski definition) is 6. The van der Waals surface area contributed by atoms with E-state index >= 15 is 0 Å². The van der Waals surface area contributed by atoms with E-state index in [9.17, 15) is 14.7 Å². The lowest BCUT2D eigenvalue weighted by molar-refractivity contribution is -0.140. The van der Waals surface area contributed by atoms with Crippen LogP contribution < -0.4 is 4.74 Å². The van der Waals surface area contributed by atoms with E-state index in [0.717, 1.165) is 6.42 Å². The van der Waals surface area contributed by atoms with Crippen LogP contribution in [-0.4, -0.2) is 52.5 Å². The van der Waals surface area contributed by atoms with Crippen LogP contribution in [0.1, 0.15) is 50.9 Å². The van der Waals surface area contributed by atoms with E-state index in [2.05, 4.69) is 4.98 Å². The van der Waals surface area contributed by atoms with Crippen LogP contribution in [0.25, 0.3) is 5.76 Å². The van der Waals surface area contributed by atoms with Gasteiger partial charge in [-0.15, -0.1) is 0 Å². The molecule has 1 atom stereocenters. The van der Waals surface area contributed by atoms with E-state index in [1.54, 1.807) is 48.7 Å². The highest BCUT2D eigenvalue weighted by Gasteiger charge is 2.46. The second-order valence-corrected chi connectivity index (χ2v) is 7.90. The third-order valence-corrected chi connectivity index (χ3v) is 5.08. The van der Waals surface area contributed by atoms with Crippen molar-refractivity contribution < 1.29 is 24.2 Å². The normalized spacial score (nSPS) is 17.9. The van der Waals surface area contributed by atoms with E-state index < -0.39 is 17.7 Å². The fourth-order valence-corrected chi connectivity index (χ4v) is 3.62. The minimum atomic E-state index is -0.768. The molecule has 170 valence electrons. The molecule has 3 rings (SSSR count). The van der Waals surface area contributed by atoms with E-state index in [4.69, 9.17) is 9.47 Å². The number of Topliss-reactive ketones (excluding diaryl/α,β-unsaturated/α-hetero) is 1. The zero-order valence-corrected chi connectivity index (χ0v) is 18.8. The van der Waals surface area contributed by atoms with Gasteiger partial charge in [0.15, 0.2) is 0 Å². The highest BCUT2D eigenvalue weighted by molar-refractivity contribution is 6.46. The Hall–Kier alpha value is -3.19. The number of aromatic nitrogens is 1. The monoisotopic (exact) mass is 438 g/mol. The van der Waals surface area contributed by atoms with Gasteiger partial charge in [-0.05, 0) is 51.0 Å². The number of rotatable bonds is 10. The van der Waals surface area contributed by atoms with Gasteiger partial charge in [0.1, 0.15) is 17.6 Å². The van der Waals surface area contributed by atoms with Gasteiger partial charge in [0.05, 0.1) is 24.0 Å². The molecule has 0 aliphatic carbocycles. The number of pyridine rings is 1. The largest absolute Gasteiger partial charge is 0.507 e. The summed E-state index contributed by atoms with van der Waals surface area (Å²) in [5.74, 6) is -1.01. The summed E-state index contributed by atoms with van der Waals surface area (Å²) in [6.07, 6.45) is 3.10. The van der Waals surface area contributed by atoms with Crippen molar-refractivity contribution in [1.29, 1.82) is 0 Å². The van der Waals surface area contributed by atoms with Crippen LogP contribution >= 0.6 is 0 Å². The summed E-state index contributed by atoms with van der Waals surface area (Å²) < 4.78 is 11.2. The average Bonchev–Trinajstić information content (AvgIpc) is 3.05. The van der Waals surface area contributed by atoms with Gasteiger partial charge in [-0.1, -0.05) is 25.1 Å². The lowest BCUT2D eigenvalue weighted by Crippen LogP contribution is -2.31. The fourth-order valence-electron chi connectivity index (χ4n) is 3.62. The average molecular weight is 439 g/mol. The summed E-state index contributed by atoms with van der Waals surface area (Å²) in [6, 6.07) is 11.4. The quantitative estimate of drug-likeness (QED) is 0.260. The Labute approximate surface area is 188 Å². The van der Waals surface area contributed by atoms with Crippen molar-refractivity contribution >= 4 is 17.4 Å². The first-order valence-electron chi connectivity index (χ1n) is 11.0. The maximum absolute atomic E-state index is 13.0. The van der Waals surface area contributed by atoms with Gasteiger partial charge in [-0.2, -0.15) is 0 Å². The van der Waals surface area contributed by atoms with Crippen LogP contribution in [0.5, 0.6) is 5.75 Å². The number of ketones is 1. The van der Waals surface area contributed by atoms with Gasteiger partial charge < -0.3 is 19.5 Å². The number of likely N-dealkylation sites (tertiary alicyclic amines) is 1. The van der Waals surface area contributed by atoms with E-state index in [1.165, 1.54) is 4.90 Å². The molecule has 32 heavy (non-hydrogen) atoms. The number of ether oxygens (including phenoxy) is 2. The summed E-state index contributed by atoms with van der Waals surface area (Å²) in [7, 11) is 0. The van der Waals surface area contributed by atoms with Gasteiger partial charge in [-0.3, -0.25) is 14.6 Å². The van der Waals surface area contributed by atoms with Gasteiger partial charge in [0, 0.05) is 24.9 Å². The molecular weight excluding hydrogens is 408 g/mol. The maximum Gasteiger partial charge on any atom is 0.295 e. The van der Waals surface area contributed by atoms with Crippen molar-refractivity contribution in [2.24, 2.45) is 0 Å². The van der Waals surface area contributed by atoms with Crippen molar-refractivity contribution in [3.05, 3.63) is 65.5 Å². The number of nitrogens with zero attached hydrogens (tertiary/aromatic N) is 2. The second kappa shape index (κ2) is 10.9. The number of hydrogen-bond donors (Lipinski definition) is 1. The van der Waals surface area contributed by atoms with Gasteiger partial charge >= 0.3 is 0 Å². The van der Waals surface area contributed by atoms with E-state index in [-0.39, 0.29) is 17.4 Å². The Balaban J connectivity index is 1.98. The van der Waals surface area contributed by atoms with Crippen LogP contribution in [0.4, 0.5) is 0 Å². The molecule has 1 aliphatic heterocycles. The minimum absolute atomic E-state index is 0.0334. The summed E-state index contributed by atoms with van der Waals surface area (Å²) >= 11 is 0. The number of amides is 1. The number of carbonyl (C=O) groups excluding carboxylic acids is 2. The summed E-state index contributed by atoms with van der Waals surface area (Å²) in [5.41, 5.74) is 0.975. The first-order valence-corrected chi connectivity index (χ1v) is 11.0. The third-order valence-electron chi connectivity index (χ3n) is 5.08. The SMILES string of the molecule is CCCOc1cccc(/C(O)=C2/C(=O)C(=O)N(CCCOC(C)C)C2c2ccccn2)c1. The number of aliphatic hydroxyl groups excluding tert-OH is 1. The molecule has 1 amide bonds. The molecule has 2 heterocycles. The number of benzene rings is 1. The first-order chi connectivity index (χ1) is 15.4. The Morgan fingerprint density at radius 3 is 2.66 bits per heavy atom. The van der Waals surface area contributed by atoms with Crippen molar-refractivity contribution in [2.75, 3.05) is 19.8 Å². The predicted octanol–water partition coefficient (Wildman–Crippen LogP) is 4.11. The highest BCUT2D eigenvalue weighted by Crippen LogP contribution is 2.39. The summed E-state index contributed by atoms with van der Waals surface area (Å²) in [4.78, 5) is 31.8. The van der Waals surface area contributed by atoms with Crippen LogP contribution in [0.2, 0.25) is 0 Å². The zero-order valence-electron chi connectivity index (χ0n) is 18.8. The Kier molecular flexibility index (Phi) is 8.00. The molecule has 1 fully saturated rings. The smallest absolute Gasteiger partial charge is 0.295 e. The molecule has 1 aromatic heterocycles. The van der Waals surface area contributed by atoms with Crippen molar-refractivity contribution in [3.8, 4) is 5.75 Å². The Bertz CT molecular complexity index is 971. The van der Waals surface area contributed by atoms with Crippen LogP contribution in [0, 0.1) is 0 Å². The molecule has 1 N–H and O–H groups in total. The van der Waals surface area contributed by atoms with Crippen molar-refractivity contribution in [1.82, 2.24) is 9.88 Å². The minimum Gasteiger partial charge on any atom is -0.507 e. The molecule has 1 unspecified atom stereocenters. The first kappa shape index (κ1) is 23.5. The Morgan fingerprint density at radius 2 is 1.97 bits per heavy atom. The lowest BCUT2D eigenvalue weighted by Gasteiger charge is -2.24. The van der Waals surface area contributed by atoms with Gasteiger partial charge in [0.2, 0.25) is 0 Å². The van der Waals surface area contributed by atoms with E-state index in [0.29, 0.717) is 43.2 Å². The van der Waals surface area contributed by atoms with E-state index in [1.807, 2.05) is 20.8 Å². The van der Waals surface area contributed by atoms with Crippen LogP contribution in [0.3, 0.4) is 0 Å². The van der Waals surface area contributed by atoms with Crippen molar-refractivity contribution in [3.63, 3.8) is 0 Å². The molecule has 7 heteroatoms. The van der Waals surface area contributed by atoms with Gasteiger partial charge in [-0.25, -0.2) is 0 Å². The summed E-state index contributed by atoms with van der Waals surface area (Å²) in [5, 5.41) is 11.1. The lowest BCUT2D eigenvalue weighted by atomic mass is 9.98. The zero-order chi connectivity index (χ0) is 23.1. The molecule has 2 aromatic rings. The van der Waals surface area contributed by atoms with Crippen LogP contribution in [0.15, 0.2) is 54.2 Å². The number of aliphatic hydroxyl groups is 1. The maximum atomic E-state index is 13.0. The number of carbonyl (C=O) groups is 2. The molecule has 0 radical (unpaired) electrons. The molecular formula is C25H30N2O5. The molecule has 7 nitrogen and oxygen atoms in total. The van der Waals surface area contributed by atoms with Crippen LogP contribution in [-0.2, 0) is 14.3 Å². The Morgan fingerprint density at radius 1 is 1.16 bits per heavy atom. The van der Waals surface area contributed by atoms with Gasteiger partial charge in [0.25, 0.3) is 11.7 Å². The molecule has 0 bridgehead atoms. The molecule has 1 aliphatic rings. The molecule has 1 saturated heterocycles. The topological polar surface area (TPSA) is 89.0 Å². The standard InChI is InChI=1S/C25H30N2O5/c1-4-14-32-19-10-7-9-18(16-19)23(28)21-22(20-11-5-6-12-26-20)27(25(30)24(21)29)13-8-15-31-17(2)3/h5-7,9-12,16-17,22,28H,4,8,13-15H2,1-3H3/b23-21-. The highest BCUT2D eigenvalue weighted by atomic mass is 16.5. The second-order valence-electron chi connectivity index (χ2n) is 7.90. The third kappa shape index (κ3) is 5.34. The molecule has 0 spiro atoms.